The standard InChI is InChI=1S/C68H30N12/c69-31-40-13-41(32-70)18-53(17-40)49-1-5-58-59-6-2-50(54-19-42(33-71)14-43(20-54)34-72)26-64(59)79(63(58)25-49)67-29-57(39-77)62(48-9-11-78-12-10-48)30-68(67)80-65-27-51(55-21-44(35-73)15-45(22-55)36-74)3-7-60(65)61-8-4-52(28-66(61)80)56-23-46(37-75)16-47(24-56)38-76/h1-30H. The average molecular weight is 1020 g/mol. The summed E-state index contributed by atoms with van der Waals surface area (Å²) in [6, 6.07) is 71.3. The zero-order valence-corrected chi connectivity index (χ0v) is 41.7. The Morgan fingerprint density at radius 3 is 0.787 bits per heavy atom. The van der Waals surface area contributed by atoms with E-state index < -0.39 is 0 Å². The number of fused-ring (bicyclic) bond motifs is 6. The maximum absolute atomic E-state index is 11.3. The summed E-state index contributed by atoms with van der Waals surface area (Å²) in [7, 11) is 0. The lowest BCUT2D eigenvalue weighted by Gasteiger charge is -2.20. The summed E-state index contributed by atoms with van der Waals surface area (Å²) in [5.41, 5.74) is 13.4. The minimum Gasteiger partial charge on any atom is -0.307 e. The Labute approximate surface area is 456 Å². The summed E-state index contributed by atoms with van der Waals surface area (Å²) >= 11 is 0. The number of nitriles is 9. The highest BCUT2D eigenvalue weighted by Crippen LogP contribution is 2.44. The van der Waals surface area contributed by atoms with Gasteiger partial charge in [0.25, 0.3) is 0 Å². The van der Waals surface area contributed by atoms with Crippen LogP contribution in [-0.4, -0.2) is 14.1 Å². The summed E-state index contributed by atoms with van der Waals surface area (Å²) < 4.78 is 4.20. The third-order valence-corrected chi connectivity index (χ3v) is 14.3. The average Bonchev–Trinajstić information content (AvgIpc) is 4.03. The van der Waals surface area contributed by atoms with Crippen molar-refractivity contribution in [2.45, 2.75) is 0 Å². The van der Waals surface area contributed by atoms with Crippen LogP contribution in [0, 0.1) is 102 Å². The van der Waals surface area contributed by atoms with E-state index in [1.54, 1.807) is 60.9 Å². The number of pyridine rings is 1. The quantitative estimate of drug-likeness (QED) is 0.146. The second kappa shape index (κ2) is 19.4. The van der Waals surface area contributed by atoms with Gasteiger partial charge in [-0.25, -0.2) is 0 Å². The van der Waals surface area contributed by atoms with Gasteiger partial charge in [0, 0.05) is 39.5 Å². The van der Waals surface area contributed by atoms with E-state index in [4.69, 9.17) is 0 Å². The molecule has 12 heteroatoms. The van der Waals surface area contributed by atoms with Crippen LogP contribution in [0.1, 0.15) is 50.1 Å². The van der Waals surface area contributed by atoms with Crippen LogP contribution in [-0.2, 0) is 0 Å². The van der Waals surface area contributed by atoms with Gasteiger partial charge in [-0.3, -0.25) is 4.98 Å². The molecule has 362 valence electrons. The number of hydrogen-bond acceptors (Lipinski definition) is 10. The summed E-state index contributed by atoms with van der Waals surface area (Å²) in [6.07, 6.45) is 3.32. The topological polar surface area (TPSA) is 237 Å². The van der Waals surface area contributed by atoms with Crippen LogP contribution in [0.5, 0.6) is 0 Å². The molecular formula is C68H30N12. The zero-order chi connectivity index (χ0) is 55.2. The first-order chi connectivity index (χ1) is 39.2. The minimum absolute atomic E-state index is 0.310. The van der Waals surface area contributed by atoms with Gasteiger partial charge in [-0.15, -0.1) is 0 Å². The SMILES string of the molecule is N#Cc1cc(C#N)cc(-c2ccc3c4ccc(-c5cc(C#N)cc(C#N)c5)cc4n(-c4cc(C#N)c(-c5ccncc5)cc4-n4c5cc(-c6cc(C#N)cc(C#N)c6)ccc5c5ccc(-c6cc(C#N)cc(C#N)c6)cc54)c3c2)c1. The fraction of sp³-hybridized carbons (Fsp3) is 0. The van der Waals surface area contributed by atoms with Gasteiger partial charge in [0.2, 0.25) is 0 Å². The molecule has 0 radical (unpaired) electrons. The van der Waals surface area contributed by atoms with Crippen molar-refractivity contribution in [3.8, 4) is 122 Å². The molecule has 0 N–H and O–H groups in total. The molecule has 0 fully saturated rings. The van der Waals surface area contributed by atoms with Gasteiger partial charge < -0.3 is 9.13 Å². The Hall–Kier alpha value is -12.9. The van der Waals surface area contributed by atoms with Crippen LogP contribution in [0.4, 0.5) is 0 Å². The minimum atomic E-state index is 0.310. The summed E-state index contributed by atoms with van der Waals surface area (Å²) in [5, 5.41) is 95.3. The van der Waals surface area contributed by atoms with E-state index >= 15 is 0 Å². The number of hydrogen-bond donors (Lipinski definition) is 0. The first-order valence-electron chi connectivity index (χ1n) is 24.6. The van der Waals surface area contributed by atoms with Crippen LogP contribution in [0.2, 0.25) is 0 Å². The fourth-order valence-corrected chi connectivity index (χ4v) is 10.8. The molecule has 12 rings (SSSR count). The van der Waals surface area contributed by atoms with E-state index in [-0.39, 0.29) is 0 Å². The molecule has 80 heavy (non-hydrogen) atoms. The third kappa shape index (κ3) is 8.17. The van der Waals surface area contributed by atoms with Gasteiger partial charge in [0.1, 0.15) is 0 Å². The molecule has 0 atom stereocenters. The van der Waals surface area contributed by atoms with Gasteiger partial charge in [-0.05, 0) is 171 Å². The highest BCUT2D eigenvalue weighted by Gasteiger charge is 2.25. The normalized spacial score (nSPS) is 10.6. The predicted octanol–water partition coefficient (Wildman–Crippen LogP) is 14.5. The molecule has 0 saturated carbocycles. The third-order valence-electron chi connectivity index (χ3n) is 14.3. The van der Waals surface area contributed by atoms with Crippen molar-refractivity contribution >= 4 is 43.6 Å². The molecule has 0 spiro atoms. The molecule has 0 bridgehead atoms. The number of nitrogens with zero attached hydrogens (tertiary/aromatic N) is 12. The van der Waals surface area contributed by atoms with Gasteiger partial charge in [0.05, 0.1) is 138 Å². The Balaban J connectivity index is 1.27. The van der Waals surface area contributed by atoms with Gasteiger partial charge in [0.15, 0.2) is 0 Å². The van der Waals surface area contributed by atoms with Crippen molar-refractivity contribution in [2.24, 2.45) is 0 Å². The lowest BCUT2D eigenvalue weighted by atomic mass is 9.98. The van der Waals surface area contributed by atoms with Gasteiger partial charge >= 0.3 is 0 Å². The Kier molecular flexibility index (Phi) is 11.7. The lowest BCUT2D eigenvalue weighted by molar-refractivity contribution is 1.09. The molecular weight excluding hydrogens is 985 g/mol. The molecule has 12 nitrogen and oxygen atoms in total. The van der Waals surface area contributed by atoms with E-state index in [0.29, 0.717) is 139 Å². The molecule has 0 amide bonds. The molecule has 0 unspecified atom stereocenters. The van der Waals surface area contributed by atoms with E-state index in [1.165, 1.54) is 24.3 Å². The van der Waals surface area contributed by atoms with Crippen molar-refractivity contribution in [2.75, 3.05) is 0 Å². The molecule has 0 aliphatic rings. The number of rotatable bonds is 7. The maximum Gasteiger partial charge on any atom is 0.0998 e. The van der Waals surface area contributed by atoms with Crippen LogP contribution >= 0.6 is 0 Å². The smallest absolute Gasteiger partial charge is 0.0998 e. The molecule has 3 heterocycles. The Bertz CT molecular complexity index is 4730. The number of benzene rings is 9. The molecule has 9 aromatic carbocycles. The zero-order valence-electron chi connectivity index (χ0n) is 41.7. The summed E-state index contributed by atoms with van der Waals surface area (Å²) in [5.74, 6) is 0. The second-order valence-corrected chi connectivity index (χ2v) is 18.9. The Morgan fingerprint density at radius 1 is 0.250 bits per heavy atom. The maximum atomic E-state index is 11.3. The van der Waals surface area contributed by atoms with Crippen LogP contribution in [0.3, 0.4) is 0 Å². The monoisotopic (exact) mass is 1010 g/mol. The highest BCUT2D eigenvalue weighted by atomic mass is 15.1. The number of aromatic nitrogens is 3. The van der Waals surface area contributed by atoms with Crippen LogP contribution in [0.15, 0.2) is 182 Å². The van der Waals surface area contributed by atoms with Gasteiger partial charge in [-0.2, -0.15) is 47.4 Å². The van der Waals surface area contributed by atoms with Crippen LogP contribution < -0.4 is 0 Å². The van der Waals surface area contributed by atoms with E-state index in [1.807, 2.05) is 97.1 Å². The van der Waals surface area contributed by atoms with Crippen molar-refractivity contribution in [1.82, 2.24) is 14.1 Å². The fourth-order valence-electron chi connectivity index (χ4n) is 10.8. The van der Waals surface area contributed by atoms with Crippen molar-refractivity contribution in [3.05, 3.63) is 232 Å². The van der Waals surface area contributed by atoms with Crippen molar-refractivity contribution in [3.63, 3.8) is 0 Å². The molecule has 0 saturated heterocycles. The molecule has 3 aromatic heterocycles. The largest absolute Gasteiger partial charge is 0.307 e. The summed E-state index contributed by atoms with van der Waals surface area (Å²) in [6.45, 7) is 0. The Morgan fingerprint density at radius 2 is 0.525 bits per heavy atom. The first kappa shape index (κ1) is 48.1. The van der Waals surface area contributed by atoms with Crippen molar-refractivity contribution in [1.29, 1.82) is 47.4 Å². The van der Waals surface area contributed by atoms with Gasteiger partial charge in [-0.1, -0.05) is 48.5 Å². The van der Waals surface area contributed by atoms with E-state index in [0.717, 1.165) is 21.5 Å². The highest BCUT2D eigenvalue weighted by molar-refractivity contribution is 6.14. The molecule has 0 aliphatic heterocycles. The molecule has 0 aliphatic carbocycles. The predicted molar refractivity (Wildman–Crippen MR) is 303 cm³/mol. The van der Waals surface area contributed by atoms with Crippen LogP contribution in [0.25, 0.3) is 111 Å². The second-order valence-electron chi connectivity index (χ2n) is 18.9. The first-order valence-corrected chi connectivity index (χ1v) is 24.6. The summed E-state index contributed by atoms with van der Waals surface area (Å²) in [4.78, 5) is 4.30. The van der Waals surface area contributed by atoms with Crippen molar-refractivity contribution < 1.29 is 0 Å². The van der Waals surface area contributed by atoms with E-state index in [2.05, 4.69) is 68.7 Å². The molecule has 12 aromatic rings. The lowest BCUT2D eigenvalue weighted by Crippen LogP contribution is -2.06. The van der Waals surface area contributed by atoms with E-state index in [9.17, 15) is 47.4 Å².